The molecule has 0 aromatic carbocycles. The van der Waals surface area contributed by atoms with Crippen molar-refractivity contribution in [2.75, 3.05) is 26.3 Å². The van der Waals surface area contributed by atoms with Crippen LogP contribution in [0.2, 0.25) is 0 Å². The number of aliphatic hydroxyl groups excluding tert-OH is 1. The second-order valence-electron chi connectivity index (χ2n) is 4.07. The van der Waals surface area contributed by atoms with Gasteiger partial charge < -0.3 is 15.2 Å². The zero-order valence-electron chi connectivity index (χ0n) is 10.6. The number of unbranched alkanes of at least 4 members (excludes halogenated alkanes) is 3. The number of rotatable bonds is 12. The van der Waals surface area contributed by atoms with Crippen LogP contribution in [0.3, 0.4) is 0 Å². The van der Waals surface area contributed by atoms with E-state index in [2.05, 4.69) is 18.8 Å². The smallest absolute Gasteiger partial charge is 0.0897 e. The van der Waals surface area contributed by atoms with Gasteiger partial charge >= 0.3 is 0 Å². The lowest BCUT2D eigenvalue weighted by Gasteiger charge is -2.11. The number of hydrogen-bond donors (Lipinski definition) is 2. The summed E-state index contributed by atoms with van der Waals surface area (Å²) in [7, 11) is 0. The Labute approximate surface area is 99.9 Å². The van der Waals surface area contributed by atoms with Gasteiger partial charge in [-0.3, -0.25) is 0 Å². The van der Waals surface area contributed by atoms with E-state index in [1.807, 2.05) is 6.08 Å². The topological polar surface area (TPSA) is 41.5 Å². The van der Waals surface area contributed by atoms with E-state index >= 15 is 0 Å². The standard InChI is InChI=1S/C13H27NO2/c1-3-5-7-8-10-16-12-13(15)11-14-9-6-4-2/h4,13-15H,2-3,5-12H2,1H3. The Morgan fingerprint density at radius 1 is 1.38 bits per heavy atom. The molecule has 0 radical (unpaired) electrons. The Bertz CT molecular complexity index is 151. The molecule has 1 unspecified atom stereocenters. The largest absolute Gasteiger partial charge is 0.389 e. The number of hydrogen-bond acceptors (Lipinski definition) is 3. The molecule has 0 saturated heterocycles. The van der Waals surface area contributed by atoms with Crippen molar-refractivity contribution >= 4 is 0 Å². The van der Waals surface area contributed by atoms with Gasteiger partial charge in [-0.2, -0.15) is 0 Å². The van der Waals surface area contributed by atoms with Crippen molar-refractivity contribution in [3.8, 4) is 0 Å². The summed E-state index contributed by atoms with van der Waals surface area (Å²) in [4.78, 5) is 0. The van der Waals surface area contributed by atoms with E-state index in [9.17, 15) is 5.11 Å². The molecule has 0 aromatic rings. The fourth-order valence-corrected chi connectivity index (χ4v) is 1.38. The molecule has 96 valence electrons. The zero-order chi connectivity index (χ0) is 12.1. The predicted molar refractivity (Wildman–Crippen MR) is 68.7 cm³/mol. The molecule has 3 nitrogen and oxygen atoms in total. The minimum absolute atomic E-state index is 0.393. The molecule has 16 heavy (non-hydrogen) atoms. The summed E-state index contributed by atoms with van der Waals surface area (Å²) >= 11 is 0. The molecule has 0 amide bonds. The van der Waals surface area contributed by atoms with Crippen molar-refractivity contribution in [2.24, 2.45) is 0 Å². The Balaban J connectivity index is 3.10. The fraction of sp³-hybridized carbons (Fsp3) is 0.846. The van der Waals surface area contributed by atoms with Crippen molar-refractivity contribution in [1.82, 2.24) is 5.32 Å². The molecule has 0 fully saturated rings. The first-order valence-corrected chi connectivity index (χ1v) is 6.38. The second kappa shape index (κ2) is 12.7. The highest BCUT2D eigenvalue weighted by atomic mass is 16.5. The molecule has 1 atom stereocenters. The van der Waals surface area contributed by atoms with Crippen LogP contribution in [0.15, 0.2) is 12.7 Å². The van der Waals surface area contributed by atoms with Gasteiger partial charge in [-0.15, -0.1) is 6.58 Å². The van der Waals surface area contributed by atoms with Gasteiger partial charge in [-0.05, 0) is 19.4 Å². The normalized spacial score (nSPS) is 12.6. The maximum absolute atomic E-state index is 9.54. The van der Waals surface area contributed by atoms with Gasteiger partial charge in [0.25, 0.3) is 0 Å². The zero-order valence-corrected chi connectivity index (χ0v) is 10.6. The number of nitrogens with one attached hydrogen (secondary N) is 1. The van der Waals surface area contributed by atoms with Gasteiger partial charge in [0.1, 0.15) is 0 Å². The minimum Gasteiger partial charge on any atom is -0.389 e. The van der Waals surface area contributed by atoms with Gasteiger partial charge in [0.05, 0.1) is 12.7 Å². The molecule has 0 rings (SSSR count). The molecule has 0 aromatic heterocycles. The SMILES string of the molecule is C=CCCNCC(O)COCCCCCC. The highest BCUT2D eigenvalue weighted by Crippen LogP contribution is 1.99. The molecule has 0 heterocycles. The molecule has 0 aliphatic rings. The highest BCUT2D eigenvalue weighted by Gasteiger charge is 2.02. The van der Waals surface area contributed by atoms with Crippen LogP contribution in [0, 0.1) is 0 Å². The van der Waals surface area contributed by atoms with E-state index in [1.54, 1.807) is 0 Å². The lowest BCUT2D eigenvalue weighted by molar-refractivity contribution is 0.0356. The Kier molecular flexibility index (Phi) is 12.4. The van der Waals surface area contributed by atoms with Gasteiger partial charge in [0.15, 0.2) is 0 Å². The molecule has 3 heteroatoms. The summed E-state index contributed by atoms with van der Waals surface area (Å²) in [6, 6.07) is 0. The van der Waals surface area contributed by atoms with E-state index in [1.165, 1.54) is 19.3 Å². The lowest BCUT2D eigenvalue weighted by atomic mass is 10.2. The summed E-state index contributed by atoms with van der Waals surface area (Å²) in [5, 5.41) is 12.7. The van der Waals surface area contributed by atoms with Gasteiger partial charge in [0, 0.05) is 13.2 Å². The van der Waals surface area contributed by atoms with Crippen molar-refractivity contribution in [1.29, 1.82) is 0 Å². The number of aliphatic hydroxyl groups is 1. The van der Waals surface area contributed by atoms with Crippen LogP contribution in [0.5, 0.6) is 0 Å². The maximum atomic E-state index is 9.54. The first-order chi connectivity index (χ1) is 7.81. The van der Waals surface area contributed by atoms with Crippen molar-refractivity contribution < 1.29 is 9.84 Å². The highest BCUT2D eigenvalue weighted by molar-refractivity contribution is 4.68. The van der Waals surface area contributed by atoms with E-state index < -0.39 is 6.10 Å². The van der Waals surface area contributed by atoms with Crippen LogP contribution in [-0.4, -0.2) is 37.5 Å². The van der Waals surface area contributed by atoms with Crippen LogP contribution in [0.1, 0.15) is 39.0 Å². The van der Waals surface area contributed by atoms with E-state index in [0.717, 1.165) is 26.0 Å². The van der Waals surface area contributed by atoms with Crippen LogP contribution >= 0.6 is 0 Å². The summed E-state index contributed by atoms with van der Waals surface area (Å²) in [5.41, 5.74) is 0. The van der Waals surface area contributed by atoms with Crippen molar-refractivity contribution in [3.63, 3.8) is 0 Å². The van der Waals surface area contributed by atoms with E-state index in [-0.39, 0.29) is 0 Å². The lowest BCUT2D eigenvalue weighted by Crippen LogP contribution is -2.31. The quantitative estimate of drug-likeness (QED) is 0.398. The first-order valence-electron chi connectivity index (χ1n) is 6.38. The van der Waals surface area contributed by atoms with Crippen LogP contribution in [-0.2, 0) is 4.74 Å². The molecule has 0 aliphatic heterocycles. The van der Waals surface area contributed by atoms with Gasteiger partial charge in [-0.25, -0.2) is 0 Å². The van der Waals surface area contributed by atoms with E-state index in [0.29, 0.717) is 13.2 Å². The molecule has 0 spiro atoms. The summed E-state index contributed by atoms with van der Waals surface area (Å²) in [6.07, 6.45) is 7.25. The summed E-state index contributed by atoms with van der Waals surface area (Å²) in [5.74, 6) is 0. The minimum atomic E-state index is -0.393. The van der Waals surface area contributed by atoms with Gasteiger partial charge in [-0.1, -0.05) is 32.3 Å². The first kappa shape index (κ1) is 15.6. The average Bonchev–Trinajstić information content (AvgIpc) is 2.29. The number of ether oxygens (including phenoxy) is 1. The molecular formula is C13H27NO2. The summed E-state index contributed by atoms with van der Waals surface area (Å²) in [6.45, 7) is 8.51. The third kappa shape index (κ3) is 11.7. The monoisotopic (exact) mass is 229 g/mol. The fourth-order valence-electron chi connectivity index (χ4n) is 1.38. The molecule has 2 N–H and O–H groups in total. The van der Waals surface area contributed by atoms with Crippen LogP contribution in [0.25, 0.3) is 0 Å². The Morgan fingerprint density at radius 2 is 2.19 bits per heavy atom. The van der Waals surface area contributed by atoms with Gasteiger partial charge in [0.2, 0.25) is 0 Å². The van der Waals surface area contributed by atoms with E-state index in [4.69, 9.17) is 4.74 Å². The van der Waals surface area contributed by atoms with Crippen molar-refractivity contribution in [2.45, 2.75) is 45.1 Å². The van der Waals surface area contributed by atoms with Crippen LogP contribution in [0.4, 0.5) is 0 Å². The molecule has 0 bridgehead atoms. The second-order valence-corrected chi connectivity index (χ2v) is 4.07. The Hall–Kier alpha value is -0.380. The third-order valence-electron chi connectivity index (χ3n) is 2.36. The predicted octanol–water partition coefficient (Wildman–Crippen LogP) is 2.11. The Morgan fingerprint density at radius 3 is 2.88 bits per heavy atom. The summed E-state index contributed by atoms with van der Waals surface area (Å²) < 4.78 is 5.39. The maximum Gasteiger partial charge on any atom is 0.0897 e. The molecule has 0 aliphatic carbocycles. The molecular weight excluding hydrogens is 202 g/mol. The third-order valence-corrected chi connectivity index (χ3v) is 2.36. The average molecular weight is 229 g/mol. The molecule has 0 saturated carbocycles. The van der Waals surface area contributed by atoms with Crippen LogP contribution < -0.4 is 5.32 Å². The van der Waals surface area contributed by atoms with Crippen molar-refractivity contribution in [3.05, 3.63) is 12.7 Å².